The fraction of sp³-hybridized carbons (Fsp3) is 0.263. The van der Waals surface area contributed by atoms with Gasteiger partial charge in [0.2, 0.25) is 0 Å². The van der Waals surface area contributed by atoms with Crippen LogP contribution in [0, 0.1) is 11.6 Å². The van der Waals surface area contributed by atoms with Gasteiger partial charge in [-0.2, -0.15) is 0 Å². The van der Waals surface area contributed by atoms with Crippen LogP contribution in [-0.2, 0) is 6.42 Å². The van der Waals surface area contributed by atoms with Crippen molar-refractivity contribution in [3.8, 4) is 0 Å². The van der Waals surface area contributed by atoms with Gasteiger partial charge < -0.3 is 10.2 Å². The van der Waals surface area contributed by atoms with E-state index in [1.165, 1.54) is 29.1 Å². The fourth-order valence-electron chi connectivity index (χ4n) is 3.57. The van der Waals surface area contributed by atoms with Gasteiger partial charge in [-0.1, -0.05) is 30.3 Å². The first-order chi connectivity index (χ1) is 11.2. The molecular weight excluding hydrogens is 294 g/mol. The van der Waals surface area contributed by atoms with Crippen LogP contribution in [0.15, 0.2) is 59.9 Å². The zero-order chi connectivity index (χ0) is 15.8. The van der Waals surface area contributed by atoms with E-state index in [4.69, 9.17) is 0 Å². The first-order valence-corrected chi connectivity index (χ1v) is 7.90. The van der Waals surface area contributed by atoms with Crippen LogP contribution >= 0.6 is 0 Å². The van der Waals surface area contributed by atoms with Crippen molar-refractivity contribution in [2.24, 2.45) is 0 Å². The van der Waals surface area contributed by atoms with Gasteiger partial charge >= 0.3 is 0 Å². The highest BCUT2D eigenvalue weighted by Crippen LogP contribution is 2.38. The highest BCUT2D eigenvalue weighted by Gasteiger charge is 2.33. The topological polar surface area (TPSA) is 15.3 Å². The maximum absolute atomic E-state index is 13.5. The molecule has 23 heavy (non-hydrogen) atoms. The predicted molar refractivity (Wildman–Crippen MR) is 85.6 cm³/mol. The molecule has 118 valence electrons. The number of hydrogen-bond donors (Lipinski definition) is 1. The van der Waals surface area contributed by atoms with Crippen LogP contribution in [0.5, 0.6) is 0 Å². The van der Waals surface area contributed by atoms with Gasteiger partial charge in [0.25, 0.3) is 0 Å². The predicted octanol–water partition coefficient (Wildman–Crippen LogP) is 3.77. The lowest BCUT2D eigenvalue weighted by atomic mass is 9.96. The zero-order valence-corrected chi connectivity index (χ0v) is 12.7. The fourth-order valence-corrected chi connectivity index (χ4v) is 3.57. The molecule has 0 saturated carbocycles. The Labute approximate surface area is 134 Å². The molecule has 1 saturated heterocycles. The molecule has 2 aliphatic rings. The molecule has 1 atom stereocenters. The average Bonchev–Trinajstić information content (AvgIpc) is 3.09. The summed E-state index contributed by atoms with van der Waals surface area (Å²) in [6.07, 6.45) is 1.70. The third-order valence-corrected chi connectivity index (χ3v) is 4.67. The molecule has 0 amide bonds. The SMILES string of the molecule is Fc1cc(F)cc(C2CC3=C(Cc4ccccc4)NCN3C2)c1. The van der Waals surface area contributed by atoms with E-state index in [1.54, 1.807) is 0 Å². The van der Waals surface area contributed by atoms with E-state index >= 15 is 0 Å². The Hall–Kier alpha value is -2.36. The summed E-state index contributed by atoms with van der Waals surface area (Å²) in [7, 11) is 0. The van der Waals surface area contributed by atoms with Gasteiger partial charge in [-0.15, -0.1) is 0 Å². The summed E-state index contributed by atoms with van der Waals surface area (Å²) in [5.41, 5.74) is 4.53. The lowest BCUT2D eigenvalue weighted by Crippen LogP contribution is -2.23. The maximum atomic E-state index is 13.5. The zero-order valence-electron chi connectivity index (χ0n) is 12.7. The number of rotatable bonds is 3. The van der Waals surface area contributed by atoms with Gasteiger partial charge in [0.05, 0.1) is 6.67 Å². The van der Waals surface area contributed by atoms with Crippen LogP contribution in [-0.4, -0.2) is 18.1 Å². The number of fused-ring (bicyclic) bond motifs is 1. The summed E-state index contributed by atoms with van der Waals surface area (Å²) < 4.78 is 26.9. The van der Waals surface area contributed by atoms with E-state index in [0.717, 1.165) is 37.7 Å². The third kappa shape index (κ3) is 2.81. The van der Waals surface area contributed by atoms with E-state index < -0.39 is 11.6 Å². The van der Waals surface area contributed by atoms with Gasteiger partial charge in [-0.25, -0.2) is 8.78 Å². The molecule has 4 rings (SSSR count). The molecule has 2 heterocycles. The quantitative estimate of drug-likeness (QED) is 0.928. The van der Waals surface area contributed by atoms with Gasteiger partial charge in [-0.3, -0.25) is 0 Å². The molecule has 2 aliphatic heterocycles. The molecule has 0 bridgehead atoms. The van der Waals surface area contributed by atoms with Crippen molar-refractivity contribution in [3.05, 3.63) is 82.7 Å². The number of allylic oxidation sites excluding steroid dienone is 2. The van der Waals surface area contributed by atoms with Crippen molar-refractivity contribution in [3.63, 3.8) is 0 Å². The standard InChI is InChI=1S/C19H18F2N2/c20-16-7-14(8-17(21)10-16)15-9-19-18(22-12-23(19)11-15)6-13-4-2-1-3-5-13/h1-5,7-8,10,15,22H,6,9,11-12H2. The van der Waals surface area contributed by atoms with Crippen LogP contribution in [0.3, 0.4) is 0 Å². The molecule has 0 radical (unpaired) electrons. The van der Waals surface area contributed by atoms with Gasteiger partial charge in [-0.05, 0) is 29.7 Å². The summed E-state index contributed by atoms with van der Waals surface area (Å²) in [4.78, 5) is 2.28. The van der Waals surface area contributed by atoms with Crippen LogP contribution < -0.4 is 5.32 Å². The van der Waals surface area contributed by atoms with Crippen LogP contribution in [0.25, 0.3) is 0 Å². The number of benzene rings is 2. The summed E-state index contributed by atoms with van der Waals surface area (Å²) >= 11 is 0. The molecule has 0 aliphatic carbocycles. The lowest BCUT2D eigenvalue weighted by molar-refractivity contribution is 0.399. The van der Waals surface area contributed by atoms with Crippen molar-refractivity contribution in [1.82, 2.24) is 10.2 Å². The van der Waals surface area contributed by atoms with Crippen LogP contribution in [0.1, 0.15) is 23.5 Å². The van der Waals surface area contributed by atoms with Crippen molar-refractivity contribution in [1.29, 1.82) is 0 Å². The third-order valence-electron chi connectivity index (χ3n) is 4.67. The Bertz CT molecular complexity index is 735. The minimum atomic E-state index is -0.497. The minimum Gasteiger partial charge on any atom is -0.369 e. The molecule has 1 fully saturated rings. The van der Waals surface area contributed by atoms with E-state index in [0.29, 0.717) is 0 Å². The second-order valence-electron chi connectivity index (χ2n) is 6.25. The van der Waals surface area contributed by atoms with E-state index in [2.05, 4.69) is 22.3 Å². The second kappa shape index (κ2) is 5.69. The molecule has 0 aromatic heterocycles. The van der Waals surface area contributed by atoms with Crippen molar-refractivity contribution in [2.75, 3.05) is 13.2 Å². The lowest BCUT2D eigenvalue weighted by Gasteiger charge is -2.14. The normalized spacial score (nSPS) is 19.9. The summed E-state index contributed by atoms with van der Waals surface area (Å²) in [6, 6.07) is 14.2. The summed E-state index contributed by atoms with van der Waals surface area (Å²) in [5.74, 6) is -0.838. The van der Waals surface area contributed by atoms with E-state index in [1.807, 2.05) is 18.2 Å². The number of nitrogens with zero attached hydrogens (tertiary/aromatic N) is 1. The monoisotopic (exact) mass is 312 g/mol. The molecule has 2 nitrogen and oxygen atoms in total. The molecule has 1 unspecified atom stereocenters. The van der Waals surface area contributed by atoms with E-state index in [9.17, 15) is 8.78 Å². The Morgan fingerprint density at radius 3 is 2.52 bits per heavy atom. The highest BCUT2D eigenvalue weighted by atomic mass is 19.1. The summed E-state index contributed by atoms with van der Waals surface area (Å²) in [5, 5.41) is 3.46. The molecule has 1 N–H and O–H groups in total. The Morgan fingerprint density at radius 1 is 1.04 bits per heavy atom. The van der Waals surface area contributed by atoms with Crippen LogP contribution in [0.2, 0.25) is 0 Å². The summed E-state index contributed by atoms with van der Waals surface area (Å²) in [6.45, 7) is 1.59. The second-order valence-corrected chi connectivity index (χ2v) is 6.25. The van der Waals surface area contributed by atoms with Gasteiger partial charge in [0.1, 0.15) is 11.6 Å². The van der Waals surface area contributed by atoms with Crippen molar-refractivity contribution < 1.29 is 8.78 Å². The van der Waals surface area contributed by atoms with E-state index in [-0.39, 0.29) is 5.92 Å². The molecule has 0 spiro atoms. The molecule has 4 heteroatoms. The van der Waals surface area contributed by atoms with Crippen molar-refractivity contribution in [2.45, 2.75) is 18.8 Å². The Morgan fingerprint density at radius 2 is 1.78 bits per heavy atom. The Kier molecular flexibility index (Phi) is 3.52. The van der Waals surface area contributed by atoms with Crippen molar-refractivity contribution >= 4 is 0 Å². The highest BCUT2D eigenvalue weighted by molar-refractivity contribution is 5.33. The smallest absolute Gasteiger partial charge is 0.126 e. The first kappa shape index (κ1) is 14.2. The molecule has 2 aromatic carbocycles. The molecular formula is C19H18F2N2. The largest absolute Gasteiger partial charge is 0.369 e. The maximum Gasteiger partial charge on any atom is 0.126 e. The first-order valence-electron chi connectivity index (χ1n) is 7.90. The van der Waals surface area contributed by atoms with Gasteiger partial charge in [0, 0.05) is 36.3 Å². The van der Waals surface area contributed by atoms with Gasteiger partial charge in [0.15, 0.2) is 0 Å². The number of nitrogens with one attached hydrogen (secondary N) is 1. The molecule has 2 aromatic rings. The average molecular weight is 312 g/mol. The number of halogens is 2. The Balaban J connectivity index is 1.57. The minimum absolute atomic E-state index is 0.156. The van der Waals surface area contributed by atoms with Crippen LogP contribution in [0.4, 0.5) is 8.78 Å². The number of hydrogen-bond acceptors (Lipinski definition) is 2.